The van der Waals surface area contributed by atoms with Gasteiger partial charge in [-0.1, -0.05) is 6.92 Å². The average Bonchev–Trinajstić information content (AvgIpc) is 2.68. The maximum Gasteiger partial charge on any atom is 0.0593 e. The van der Waals surface area contributed by atoms with Crippen LogP contribution in [0.15, 0.2) is 12.1 Å². The van der Waals surface area contributed by atoms with Gasteiger partial charge in [0.15, 0.2) is 0 Å². The first-order valence-corrected chi connectivity index (χ1v) is 7.88. The van der Waals surface area contributed by atoms with Crippen LogP contribution in [-0.2, 0) is 0 Å². The van der Waals surface area contributed by atoms with Crippen LogP contribution in [0, 0.1) is 12.8 Å². The molecule has 1 aliphatic rings. The fourth-order valence-electron chi connectivity index (χ4n) is 3.18. The monoisotopic (exact) mass is 266 g/mol. The van der Waals surface area contributed by atoms with Crippen molar-refractivity contribution in [3.63, 3.8) is 0 Å². The van der Waals surface area contributed by atoms with E-state index in [4.69, 9.17) is 5.73 Å². The Balaban J connectivity index is 2.20. The van der Waals surface area contributed by atoms with E-state index in [0.29, 0.717) is 12.1 Å². The molecule has 1 fully saturated rings. The maximum absolute atomic E-state index is 6.27. The molecule has 2 nitrogen and oxygen atoms in total. The van der Waals surface area contributed by atoms with Crippen LogP contribution in [0.1, 0.15) is 49.4 Å². The van der Waals surface area contributed by atoms with E-state index in [1.807, 2.05) is 11.3 Å². The summed E-state index contributed by atoms with van der Waals surface area (Å²) < 4.78 is 0. The van der Waals surface area contributed by atoms with Crippen LogP contribution in [0.3, 0.4) is 0 Å². The number of hydrogen-bond acceptors (Lipinski definition) is 3. The molecule has 1 aromatic heterocycles. The van der Waals surface area contributed by atoms with Crippen molar-refractivity contribution in [3.05, 3.63) is 21.9 Å². The molecule has 0 aliphatic carbocycles. The molecular weight excluding hydrogens is 240 g/mol. The van der Waals surface area contributed by atoms with E-state index in [0.717, 1.165) is 5.92 Å². The molecule has 102 valence electrons. The van der Waals surface area contributed by atoms with Crippen LogP contribution >= 0.6 is 11.3 Å². The normalized spacial score (nSPS) is 29.2. The molecule has 18 heavy (non-hydrogen) atoms. The summed E-state index contributed by atoms with van der Waals surface area (Å²) in [5.74, 6) is 0.857. The number of hydrogen-bond donors (Lipinski definition) is 1. The number of likely N-dealkylation sites (tertiary alicyclic amines) is 1. The first kappa shape index (κ1) is 14.0. The molecule has 4 unspecified atom stereocenters. The van der Waals surface area contributed by atoms with Crippen LogP contribution in [0.4, 0.5) is 0 Å². The third-order valence-electron chi connectivity index (χ3n) is 4.10. The molecule has 2 N–H and O–H groups in total. The average molecular weight is 266 g/mol. The second-order valence-corrected chi connectivity index (χ2v) is 7.29. The predicted octanol–water partition coefficient (Wildman–Crippen LogP) is 3.57. The van der Waals surface area contributed by atoms with E-state index in [1.165, 1.54) is 29.1 Å². The molecule has 0 spiro atoms. The smallest absolute Gasteiger partial charge is 0.0593 e. The molecule has 2 rings (SSSR count). The molecular formula is C15H26N2S. The number of piperidine rings is 1. The first-order valence-electron chi connectivity index (χ1n) is 7.06. The molecule has 0 saturated carbocycles. The van der Waals surface area contributed by atoms with Crippen molar-refractivity contribution in [2.75, 3.05) is 6.54 Å². The van der Waals surface area contributed by atoms with Gasteiger partial charge in [-0.3, -0.25) is 4.90 Å². The van der Waals surface area contributed by atoms with Crippen molar-refractivity contribution in [1.29, 1.82) is 0 Å². The molecule has 1 saturated heterocycles. The quantitative estimate of drug-likeness (QED) is 0.906. The summed E-state index contributed by atoms with van der Waals surface area (Å²) in [7, 11) is 0. The SMILES string of the molecule is Cc1ccc(C(C(C)N)N2CCC(C)CC2C)s1. The van der Waals surface area contributed by atoms with Gasteiger partial charge in [0.05, 0.1) is 6.04 Å². The predicted molar refractivity (Wildman–Crippen MR) is 80.0 cm³/mol. The van der Waals surface area contributed by atoms with Crippen molar-refractivity contribution in [2.45, 2.75) is 58.7 Å². The lowest BCUT2D eigenvalue weighted by Crippen LogP contribution is -2.47. The van der Waals surface area contributed by atoms with Crippen molar-refractivity contribution in [1.82, 2.24) is 4.90 Å². The zero-order valence-electron chi connectivity index (χ0n) is 12.0. The van der Waals surface area contributed by atoms with Crippen molar-refractivity contribution in [3.8, 4) is 0 Å². The summed E-state index contributed by atoms with van der Waals surface area (Å²) in [5, 5.41) is 0. The minimum absolute atomic E-state index is 0.193. The highest BCUT2D eigenvalue weighted by Gasteiger charge is 2.32. The Bertz CT molecular complexity index is 386. The van der Waals surface area contributed by atoms with E-state index < -0.39 is 0 Å². The molecule has 4 atom stereocenters. The third-order valence-corrected chi connectivity index (χ3v) is 5.17. The van der Waals surface area contributed by atoms with Crippen molar-refractivity contribution < 1.29 is 0 Å². The molecule has 1 aliphatic heterocycles. The Hall–Kier alpha value is -0.380. The van der Waals surface area contributed by atoms with Gasteiger partial charge >= 0.3 is 0 Å². The van der Waals surface area contributed by atoms with E-state index in [9.17, 15) is 0 Å². The Morgan fingerprint density at radius 3 is 2.61 bits per heavy atom. The highest BCUT2D eigenvalue weighted by molar-refractivity contribution is 7.12. The van der Waals surface area contributed by atoms with Crippen LogP contribution in [0.2, 0.25) is 0 Å². The lowest BCUT2D eigenvalue weighted by Gasteiger charge is -2.43. The van der Waals surface area contributed by atoms with Crippen LogP contribution in [0.25, 0.3) is 0 Å². The zero-order valence-corrected chi connectivity index (χ0v) is 12.8. The fourth-order valence-corrected chi connectivity index (χ4v) is 4.29. The van der Waals surface area contributed by atoms with Gasteiger partial charge in [-0.15, -0.1) is 11.3 Å². The maximum atomic E-state index is 6.27. The summed E-state index contributed by atoms with van der Waals surface area (Å²) in [5.41, 5.74) is 6.27. The summed E-state index contributed by atoms with van der Waals surface area (Å²) in [6.45, 7) is 10.2. The van der Waals surface area contributed by atoms with E-state index >= 15 is 0 Å². The number of rotatable bonds is 3. The number of aryl methyl sites for hydroxylation is 1. The van der Waals surface area contributed by atoms with Gasteiger partial charge in [0.1, 0.15) is 0 Å². The topological polar surface area (TPSA) is 29.3 Å². The Kier molecular flexibility index (Phi) is 4.46. The van der Waals surface area contributed by atoms with Crippen LogP contribution in [-0.4, -0.2) is 23.5 Å². The Morgan fingerprint density at radius 2 is 2.11 bits per heavy atom. The van der Waals surface area contributed by atoms with Crippen molar-refractivity contribution in [2.24, 2.45) is 11.7 Å². The molecule has 0 radical (unpaired) electrons. The highest BCUT2D eigenvalue weighted by atomic mass is 32.1. The number of thiophene rings is 1. The summed E-state index contributed by atoms with van der Waals surface area (Å²) in [6.07, 6.45) is 2.60. The Labute approximate surface area is 115 Å². The van der Waals surface area contributed by atoms with Crippen LogP contribution in [0.5, 0.6) is 0 Å². The Morgan fingerprint density at radius 1 is 1.39 bits per heavy atom. The van der Waals surface area contributed by atoms with Gasteiger partial charge in [0.2, 0.25) is 0 Å². The van der Waals surface area contributed by atoms with Gasteiger partial charge in [0, 0.05) is 21.8 Å². The minimum atomic E-state index is 0.193. The standard InChI is InChI=1S/C15H26N2S/c1-10-7-8-17(11(2)9-10)15(13(4)16)14-6-5-12(3)18-14/h5-6,10-11,13,15H,7-9,16H2,1-4H3. The van der Waals surface area contributed by atoms with E-state index in [-0.39, 0.29) is 6.04 Å². The highest BCUT2D eigenvalue weighted by Crippen LogP contribution is 2.35. The molecule has 0 bridgehead atoms. The first-order chi connectivity index (χ1) is 8.49. The van der Waals surface area contributed by atoms with Gasteiger partial charge < -0.3 is 5.73 Å². The number of nitrogens with two attached hydrogens (primary N) is 1. The fraction of sp³-hybridized carbons (Fsp3) is 0.733. The minimum Gasteiger partial charge on any atom is -0.326 e. The van der Waals surface area contributed by atoms with Crippen molar-refractivity contribution >= 4 is 11.3 Å². The number of nitrogens with zero attached hydrogens (tertiary/aromatic N) is 1. The lowest BCUT2D eigenvalue weighted by atomic mass is 9.90. The molecule has 1 aromatic rings. The largest absolute Gasteiger partial charge is 0.326 e. The molecule has 3 heteroatoms. The van der Waals surface area contributed by atoms with Crippen LogP contribution < -0.4 is 5.73 Å². The van der Waals surface area contributed by atoms with Gasteiger partial charge in [-0.05, 0) is 58.2 Å². The third kappa shape index (κ3) is 2.95. The second-order valence-electron chi connectivity index (χ2n) is 5.97. The van der Waals surface area contributed by atoms with Gasteiger partial charge in [0.25, 0.3) is 0 Å². The zero-order chi connectivity index (χ0) is 13.3. The molecule has 2 heterocycles. The van der Waals surface area contributed by atoms with E-state index in [2.05, 4.69) is 44.7 Å². The summed E-state index contributed by atoms with van der Waals surface area (Å²) >= 11 is 1.90. The molecule has 0 amide bonds. The van der Waals surface area contributed by atoms with Gasteiger partial charge in [-0.25, -0.2) is 0 Å². The molecule has 0 aromatic carbocycles. The van der Waals surface area contributed by atoms with Gasteiger partial charge in [-0.2, -0.15) is 0 Å². The summed E-state index contributed by atoms with van der Waals surface area (Å²) in [4.78, 5) is 5.44. The lowest BCUT2D eigenvalue weighted by molar-refractivity contribution is 0.0725. The summed E-state index contributed by atoms with van der Waals surface area (Å²) in [6, 6.07) is 5.71. The second kappa shape index (κ2) is 5.72. The van der Waals surface area contributed by atoms with E-state index in [1.54, 1.807) is 0 Å².